The lowest BCUT2D eigenvalue weighted by Gasteiger charge is -2.46. The van der Waals surface area contributed by atoms with Gasteiger partial charge in [0.25, 0.3) is 5.91 Å². The summed E-state index contributed by atoms with van der Waals surface area (Å²) in [5.74, 6) is -0.128. The van der Waals surface area contributed by atoms with Gasteiger partial charge in [0.05, 0.1) is 16.1 Å². The first kappa shape index (κ1) is 22.7. The Labute approximate surface area is 199 Å². The zero-order valence-electron chi connectivity index (χ0n) is 19.3. The van der Waals surface area contributed by atoms with Crippen LogP contribution in [0.1, 0.15) is 51.3 Å². The van der Waals surface area contributed by atoms with Gasteiger partial charge in [0.2, 0.25) is 0 Å². The Kier molecular flexibility index (Phi) is 5.99. The van der Waals surface area contributed by atoms with Crippen molar-refractivity contribution in [2.45, 2.75) is 53.1 Å². The predicted octanol–water partition coefficient (Wildman–Crippen LogP) is 6.95. The van der Waals surface area contributed by atoms with Crippen molar-refractivity contribution >= 4 is 57.5 Å². The Balaban J connectivity index is 1.69. The molecule has 0 unspecified atom stereocenters. The fourth-order valence-corrected chi connectivity index (χ4v) is 5.52. The summed E-state index contributed by atoms with van der Waals surface area (Å²) in [5, 5.41) is 4.09. The van der Waals surface area contributed by atoms with Crippen molar-refractivity contribution in [1.82, 2.24) is 5.32 Å². The maximum absolute atomic E-state index is 12.6. The number of amidine groups is 1. The quantitative estimate of drug-likeness (QED) is 0.499. The van der Waals surface area contributed by atoms with Crippen LogP contribution in [0.15, 0.2) is 52.4 Å². The van der Waals surface area contributed by atoms with Crippen molar-refractivity contribution in [1.29, 1.82) is 0 Å². The number of rotatable bonds is 3. The highest BCUT2D eigenvalue weighted by Gasteiger charge is 2.33. The molecule has 2 aliphatic heterocycles. The molecule has 2 aliphatic rings. The third-order valence-electron chi connectivity index (χ3n) is 5.77. The van der Waals surface area contributed by atoms with Gasteiger partial charge < -0.3 is 10.2 Å². The molecule has 2 heterocycles. The van der Waals surface area contributed by atoms with Crippen LogP contribution in [0.4, 0.5) is 11.4 Å². The lowest BCUT2D eigenvalue weighted by molar-refractivity contribution is -0.115. The third-order valence-corrected chi connectivity index (χ3v) is 6.93. The maximum Gasteiger partial charge on any atom is 0.264 e. The fourth-order valence-electron chi connectivity index (χ4n) is 4.57. The van der Waals surface area contributed by atoms with E-state index in [1.165, 1.54) is 28.6 Å². The molecular weight excluding hydrogens is 438 g/mol. The van der Waals surface area contributed by atoms with Crippen LogP contribution in [-0.4, -0.2) is 22.7 Å². The molecule has 4 nitrogen and oxygen atoms in total. The second kappa shape index (κ2) is 8.45. The molecule has 1 N–H and O–H groups in total. The normalized spacial score (nSPS) is 20.1. The molecule has 166 valence electrons. The highest BCUT2D eigenvalue weighted by Crippen LogP contribution is 2.42. The first-order chi connectivity index (χ1) is 15.0. The molecule has 0 radical (unpaired) electrons. The summed E-state index contributed by atoms with van der Waals surface area (Å²) in [4.78, 5) is 20.2. The van der Waals surface area contributed by atoms with Crippen LogP contribution < -0.4 is 10.2 Å². The Morgan fingerprint density at radius 2 is 1.84 bits per heavy atom. The van der Waals surface area contributed by atoms with Crippen molar-refractivity contribution in [2.24, 2.45) is 4.99 Å². The molecule has 0 aliphatic carbocycles. The van der Waals surface area contributed by atoms with E-state index in [0.29, 0.717) is 21.1 Å². The molecule has 1 amide bonds. The van der Waals surface area contributed by atoms with Crippen LogP contribution in [0.5, 0.6) is 0 Å². The molecule has 0 atom stereocenters. The molecule has 0 spiro atoms. The van der Waals surface area contributed by atoms with Gasteiger partial charge >= 0.3 is 0 Å². The SMILES string of the molecule is CC1=CC(C)(C)N(C(C)C)c2cc(C)c(/C=C3\SC(=Nc4ccc(Cl)cc4)NC3=O)cc21. The summed E-state index contributed by atoms with van der Waals surface area (Å²) in [6.45, 7) is 13.2. The Morgan fingerprint density at radius 1 is 1.16 bits per heavy atom. The number of benzene rings is 2. The van der Waals surface area contributed by atoms with E-state index in [2.05, 4.69) is 75.0 Å². The molecule has 0 bridgehead atoms. The van der Waals surface area contributed by atoms with E-state index in [4.69, 9.17) is 11.6 Å². The summed E-state index contributed by atoms with van der Waals surface area (Å²) in [6.07, 6.45) is 4.29. The zero-order valence-corrected chi connectivity index (χ0v) is 20.9. The topological polar surface area (TPSA) is 44.7 Å². The van der Waals surface area contributed by atoms with Crippen molar-refractivity contribution in [3.05, 3.63) is 69.1 Å². The number of nitrogens with zero attached hydrogens (tertiary/aromatic N) is 2. The van der Waals surface area contributed by atoms with Crippen LogP contribution in [0.25, 0.3) is 11.6 Å². The minimum Gasteiger partial charge on any atom is -0.360 e. The highest BCUT2D eigenvalue weighted by atomic mass is 35.5. The van der Waals surface area contributed by atoms with Crippen LogP contribution in [0, 0.1) is 6.92 Å². The van der Waals surface area contributed by atoms with Crippen LogP contribution in [-0.2, 0) is 4.79 Å². The standard InChI is InChI=1S/C26H28ClN3OS/c1-15(2)30-22-11-16(3)18(12-21(22)17(4)14-26(30,5)6)13-23-24(31)29-25(32-23)28-20-9-7-19(27)8-10-20/h7-15H,1-6H3,(H,28,29,31)/b23-13-. The van der Waals surface area contributed by atoms with Crippen molar-refractivity contribution < 1.29 is 4.79 Å². The first-order valence-corrected chi connectivity index (χ1v) is 11.9. The molecule has 2 aromatic rings. The summed E-state index contributed by atoms with van der Waals surface area (Å²) in [7, 11) is 0. The second-order valence-electron chi connectivity index (χ2n) is 9.13. The number of aryl methyl sites for hydroxylation is 1. The van der Waals surface area contributed by atoms with Gasteiger partial charge in [-0.05, 0) is 112 Å². The fraction of sp³-hybridized carbons (Fsp3) is 0.308. The summed E-state index contributed by atoms with van der Waals surface area (Å²) in [6, 6.07) is 12.1. The van der Waals surface area contributed by atoms with Crippen molar-refractivity contribution in [2.75, 3.05) is 4.90 Å². The minimum atomic E-state index is -0.128. The number of hydrogen-bond donors (Lipinski definition) is 1. The number of hydrogen-bond acceptors (Lipinski definition) is 4. The smallest absolute Gasteiger partial charge is 0.264 e. The molecular formula is C26H28ClN3OS. The number of nitrogens with one attached hydrogen (secondary N) is 1. The number of allylic oxidation sites excluding steroid dienone is 1. The maximum atomic E-state index is 12.6. The number of halogens is 1. The van der Waals surface area contributed by atoms with E-state index < -0.39 is 0 Å². The van der Waals surface area contributed by atoms with E-state index in [0.717, 1.165) is 16.8 Å². The first-order valence-electron chi connectivity index (χ1n) is 10.7. The highest BCUT2D eigenvalue weighted by molar-refractivity contribution is 8.18. The van der Waals surface area contributed by atoms with E-state index in [-0.39, 0.29) is 11.4 Å². The van der Waals surface area contributed by atoms with Gasteiger partial charge in [0.1, 0.15) is 0 Å². The summed E-state index contributed by atoms with van der Waals surface area (Å²) >= 11 is 7.30. The Bertz CT molecular complexity index is 1180. The molecule has 1 saturated heterocycles. The van der Waals surface area contributed by atoms with Crippen LogP contribution >= 0.6 is 23.4 Å². The van der Waals surface area contributed by atoms with Gasteiger partial charge in [-0.2, -0.15) is 0 Å². The number of aliphatic imine (C=N–C) groups is 1. The van der Waals surface area contributed by atoms with Gasteiger partial charge in [-0.1, -0.05) is 17.7 Å². The Morgan fingerprint density at radius 3 is 2.50 bits per heavy atom. The van der Waals surface area contributed by atoms with Crippen molar-refractivity contribution in [3.8, 4) is 0 Å². The molecule has 1 fully saturated rings. The molecule has 32 heavy (non-hydrogen) atoms. The molecule has 0 saturated carbocycles. The summed E-state index contributed by atoms with van der Waals surface area (Å²) < 4.78 is 0. The van der Waals surface area contributed by atoms with E-state index in [1.807, 2.05) is 18.2 Å². The molecule has 0 aromatic heterocycles. The molecule has 2 aromatic carbocycles. The average Bonchev–Trinajstić information content (AvgIpc) is 3.02. The second-order valence-corrected chi connectivity index (χ2v) is 10.6. The lowest BCUT2D eigenvalue weighted by Crippen LogP contribution is -2.49. The average molecular weight is 466 g/mol. The number of anilines is 1. The van der Waals surface area contributed by atoms with Gasteiger partial charge in [0.15, 0.2) is 5.17 Å². The Hall–Kier alpha value is -2.50. The van der Waals surface area contributed by atoms with Crippen LogP contribution in [0.2, 0.25) is 5.02 Å². The van der Waals surface area contributed by atoms with Gasteiger partial charge in [-0.25, -0.2) is 4.99 Å². The predicted molar refractivity (Wildman–Crippen MR) is 139 cm³/mol. The van der Waals surface area contributed by atoms with Crippen LogP contribution in [0.3, 0.4) is 0 Å². The number of fused-ring (bicyclic) bond motifs is 1. The number of amides is 1. The van der Waals surface area contributed by atoms with Crippen molar-refractivity contribution in [3.63, 3.8) is 0 Å². The lowest BCUT2D eigenvalue weighted by atomic mass is 9.86. The summed E-state index contributed by atoms with van der Waals surface area (Å²) in [5.41, 5.74) is 6.61. The van der Waals surface area contributed by atoms with Gasteiger partial charge in [-0.15, -0.1) is 0 Å². The number of carbonyl (C=O) groups excluding carboxylic acids is 1. The van der Waals surface area contributed by atoms with E-state index in [1.54, 1.807) is 12.1 Å². The largest absolute Gasteiger partial charge is 0.360 e. The minimum absolute atomic E-state index is 0.0497. The monoisotopic (exact) mass is 465 g/mol. The number of carbonyl (C=O) groups is 1. The zero-order chi connectivity index (χ0) is 23.2. The number of thioether (sulfide) groups is 1. The van der Waals surface area contributed by atoms with Gasteiger partial charge in [0, 0.05) is 22.3 Å². The molecule has 6 heteroatoms. The third kappa shape index (κ3) is 4.37. The van der Waals surface area contributed by atoms with Gasteiger partial charge in [-0.3, -0.25) is 4.79 Å². The van der Waals surface area contributed by atoms with E-state index in [9.17, 15) is 4.79 Å². The van der Waals surface area contributed by atoms with E-state index >= 15 is 0 Å². The molecule has 4 rings (SSSR count).